The maximum atomic E-state index is 12.5. The summed E-state index contributed by atoms with van der Waals surface area (Å²) in [6.07, 6.45) is 3.62. The molecule has 1 saturated carbocycles. The Labute approximate surface area is 108 Å². The maximum Gasteiger partial charge on any atom is 0.244 e. The van der Waals surface area contributed by atoms with Crippen LogP contribution in [0.2, 0.25) is 0 Å². The zero-order valence-electron chi connectivity index (χ0n) is 11.0. The predicted molar refractivity (Wildman–Crippen MR) is 72.6 cm³/mol. The number of rotatable bonds is 2. The third-order valence-electron chi connectivity index (χ3n) is 4.35. The first-order chi connectivity index (χ1) is 8.65. The van der Waals surface area contributed by atoms with Gasteiger partial charge in [-0.05, 0) is 49.8 Å². The third-order valence-corrected chi connectivity index (χ3v) is 4.35. The number of anilines is 1. The number of carbonyl (C=O) groups excluding carboxylic acids is 1. The Bertz CT molecular complexity index is 471. The quantitative estimate of drug-likeness (QED) is 0.864. The molecule has 2 bridgehead atoms. The van der Waals surface area contributed by atoms with Gasteiger partial charge in [0.2, 0.25) is 5.91 Å². The molecule has 96 valence electrons. The molecule has 1 aromatic carbocycles. The monoisotopic (exact) mass is 244 g/mol. The Hall–Kier alpha value is -1.35. The van der Waals surface area contributed by atoms with Crippen molar-refractivity contribution in [2.75, 3.05) is 11.9 Å². The lowest BCUT2D eigenvalue weighted by molar-refractivity contribution is -0.121. The summed E-state index contributed by atoms with van der Waals surface area (Å²) in [5.74, 6) is 0.766. The first-order valence-electron chi connectivity index (χ1n) is 6.75. The van der Waals surface area contributed by atoms with E-state index in [1.165, 1.54) is 24.8 Å². The van der Waals surface area contributed by atoms with Gasteiger partial charge in [-0.25, -0.2) is 0 Å². The molecule has 3 rings (SSSR count). The highest BCUT2D eigenvalue weighted by Gasteiger charge is 2.43. The Morgan fingerprint density at radius 1 is 1.39 bits per heavy atom. The van der Waals surface area contributed by atoms with Crippen molar-refractivity contribution in [1.29, 1.82) is 0 Å². The van der Waals surface area contributed by atoms with Crippen LogP contribution in [0.4, 0.5) is 5.69 Å². The van der Waals surface area contributed by atoms with Crippen molar-refractivity contribution in [3.05, 3.63) is 29.8 Å². The highest BCUT2D eigenvalue weighted by molar-refractivity contribution is 5.97. The second-order valence-electron chi connectivity index (χ2n) is 5.65. The van der Waals surface area contributed by atoms with Gasteiger partial charge in [0, 0.05) is 18.8 Å². The molecule has 1 aliphatic heterocycles. The lowest BCUT2D eigenvalue weighted by atomic mass is 9.98. The van der Waals surface area contributed by atoms with E-state index in [9.17, 15) is 4.79 Å². The van der Waals surface area contributed by atoms with Gasteiger partial charge in [0.05, 0.1) is 6.04 Å². The van der Waals surface area contributed by atoms with Crippen molar-refractivity contribution in [1.82, 2.24) is 5.32 Å². The topological polar surface area (TPSA) is 32.3 Å². The van der Waals surface area contributed by atoms with Crippen LogP contribution in [0.1, 0.15) is 24.8 Å². The highest BCUT2D eigenvalue weighted by Crippen LogP contribution is 2.36. The third kappa shape index (κ3) is 1.93. The summed E-state index contributed by atoms with van der Waals surface area (Å²) < 4.78 is 0. The summed E-state index contributed by atoms with van der Waals surface area (Å²) in [5, 5.41) is 3.46. The number of nitrogens with zero attached hydrogens (tertiary/aromatic N) is 1. The fourth-order valence-electron chi connectivity index (χ4n) is 3.31. The molecule has 1 saturated heterocycles. The summed E-state index contributed by atoms with van der Waals surface area (Å²) >= 11 is 0. The number of carbonyl (C=O) groups is 1. The van der Waals surface area contributed by atoms with Gasteiger partial charge in [0.15, 0.2) is 0 Å². The van der Waals surface area contributed by atoms with Gasteiger partial charge in [0.1, 0.15) is 0 Å². The largest absolute Gasteiger partial charge is 0.314 e. The van der Waals surface area contributed by atoms with Crippen LogP contribution in [0.25, 0.3) is 0 Å². The normalized spacial score (nSPS) is 29.6. The zero-order valence-corrected chi connectivity index (χ0v) is 11.0. The average Bonchev–Trinajstić information content (AvgIpc) is 2.99. The molecule has 2 aliphatic rings. The molecule has 1 heterocycles. The molecule has 2 fully saturated rings. The van der Waals surface area contributed by atoms with Gasteiger partial charge in [-0.15, -0.1) is 0 Å². The van der Waals surface area contributed by atoms with E-state index in [0.29, 0.717) is 12.0 Å². The fraction of sp³-hybridized carbons (Fsp3) is 0.533. The molecule has 1 aromatic rings. The van der Waals surface area contributed by atoms with E-state index in [1.54, 1.807) is 4.90 Å². The smallest absolute Gasteiger partial charge is 0.244 e. The number of piperidine rings is 1. The number of hydrogen-bond donors (Lipinski definition) is 1. The van der Waals surface area contributed by atoms with Gasteiger partial charge in [-0.3, -0.25) is 4.79 Å². The van der Waals surface area contributed by atoms with Gasteiger partial charge >= 0.3 is 0 Å². The second-order valence-corrected chi connectivity index (χ2v) is 5.65. The summed E-state index contributed by atoms with van der Waals surface area (Å²) in [4.78, 5) is 14.3. The molecule has 0 radical (unpaired) electrons. The summed E-state index contributed by atoms with van der Waals surface area (Å²) in [6, 6.07) is 8.73. The zero-order chi connectivity index (χ0) is 12.7. The van der Waals surface area contributed by atoms with E-state index in [2.05, 4.69) is 24.4 Å². The van der Waals surface area contributed by atoms with Gasteiger partial charge < -0.3 is 10.2 Å². The minimum Gasteiger partial charge on any atom is -0.314 e. The Balaban J connectivity index is 1.76. The number of amides is 1. The summed E-state index contributed by atoms with van der Waals surface area (Å²) in [6.45, 7) is 2.05. The second kappa shape index (κ2) is 4.39. The number of hydrogen-bond acceptors (Lipinski definition) is 2. The molecular weight excluding hydrogens is 224 g/mol. The number of fused-ring (bicyclic) bond motifs is 2. The van der Waals surface area contributed by atoms with Crippen molar-refractivity contribution in [2.45, 2.75) is 38.3 Å². The van der Waals surface area contributed by atoms with E-state index in [0.717, 1.165) is 5.69 Å². The first-order valence-corrected chi connectivity index (χ1v) is 6.75. The number of benzene rings is 1. The molecule has 18 heavy (non-hydrogen) atoms. The van der Waals surface area contributed by atoms with E-state index < -0.39 is 0 Å². The van der Waals surface area contributed by atoms with Crippen LogP contribution >= 0.6 is 0 Å². The minimum absolute atomic E-state index is 0.0364. The SMILES string of the molecule is Cc1cccc(N(C)C(=O)[C@H]2N[C@@H]3CC[C@H]2C3)c1. The average molecular weight is 244 g/mol. The van der Waals surface area contributed by atoms with Gasteiger partial charge in [-0.1, -0.05) is 12.1 Å². The van der Waals surface area contributed by atoms with Crippen molar-refractivity contribution in [2.24, 2.45) is 5.92 Å². The van der Waals surface area contributed by atoms with Crippen molar-refractivity contribution in [3.8, 4) is 0 Å². The molecule has 1 aliphatic carbocycles. The molecular formula is C15H20N2O. The summed E-state index contributed by atoms with van der Waals surface area (Å²) in [7, 11) is 1.88. The van der Waals surface area contributed by atoms with Crippen LogP contribution in [0.5, 0.6) is 0 Å². The number of likely N-dealkylation sites (N-methyl/N-ethyl adjacent to an activating group) is 1. The standard InChI is InChI=1S/C15H20N2O/c1-10-4-3-5-13(8-10)17(2)15(18)14-11-6-7-12(9-11)16-14/h3-5,8,11-12,14,16H,6-7,9H2,1-2H3/t11-,12+,14-/m0/s1. The van der Waals surface area contributed by atoms with E-state index >= 15 is 0 Å². The Kier molecular flexibility index (Phi) is 2.86. The molecule has 1 amide bonds. The van der Waals surface area contributed by atoms with Gasteiger partial charge in [-0.2, -0.15) is 0 Å². The summed E-state index contributed by atoms with van der Waals surface area (Å²) in [5.41, 5.74) is 2.18. The van der Waals surface area contributed by atoms with Crippen LogP contribution < -0.4 is 10.2 Å². The Morgan fingerprint density at radius 3 is 2.83 bits per heavy atom. The van der Waals surface area contributed by atoms with Crippen LogP contribution in [0.15, 0.2) is 24.3 Å². The molecule has 3 nitrogen and oxygen atoms in total. The van der Waals surface area contributed by atoms with Crippen LogP contribution in [0, 0.1) is 12.8 Å². The van der Waals surface area contributed by atoms with Crippen molar-refractivity contribution >= 4 is 11.6 Å². The molecule has 0 spiro atoms. The van der Waals surface area contributed by atoms with Crippen LogP contribution in [0.3, 0.4) is 0 Å². The number of aryl methyl sites for hydroxylation is 1. The molecule has 0 unspecified atom stereocenters. The molecule has 3 heteroatoms. The maximum absolute atomic E-state index is 12.5. The highest BCUT2D eigenvalue weighted by atomic mass is 16.2. The lowest BCUT2D eigenvalue weighted by Crippen LogP contribution is -2.48. The molecule has 3 atom stereocenters. The first kappa shape index (κ1) is 11.7. The van der Waals surface area contributed by atoms with Crippen LogP contribution in [-0.4, -0.2) is 25.0 Å². The number of nitrogens with one attached hydrogen (secondary N) is 1. The minimum atomic E-state index is 0.0364. The molecule has 1 N–H and O–H groups in total. The predicted octanol–water partition coefficient (Wildman–Crippen LogP) is 2.10. The van der Waals surface area contributed by atoms with E-state index in [4.69, 9.17) is 0 Å². The fourth-order valence-corrected chi connectivity index (χ4v) is 3.31. The molecule has 0 aromatic heterocycles. The lowest BCUT2D eigenvalue weighted by Gasteiger charge is -2.27. The van der Waals surface area contributed by atoms with Crippen molar-refractivity contribution < 1.29 is 4.79 Å². The van der Waals surface area contributed by atoms with E-state index in [-0.39, 0.29) is 11.9 Å². The van der Waals surface area contributed by atoms with Crippen LogP contribution in [-0.2, 0) is 4.79 Å². The van der Waals surface area contributed by atoms with E-state index in [1.807, 2.05) is 19.2 Å². The Morgan fingerprint density at radius 2 is 2.22 bits per heavy atom. The van der Waals surface area contributed by atoms with Crippen molar-refractivity contribution in [3.63, 3.8) is 0 Å². The van der Waals surface area contributed by atoms with Gasteiger partial charge in [0.25, 0.3) is 0 Å².